The molecule has 1 nitrogen and oxygen atoms in total. The number of para-hydroxylation sites is 1. The van der Waals surface area contributed by atoms with Gasteiger partial charge in [0.2, 0.25) is 0 Å². The van der Waals surface area contributed by atoms with Gasteiger partial charge in [-0.15, -0.1) is 0 Å². The standard InChI is InChI=1S/C55H39N/c1-4-12-39(13-5-1)41-20-24-43(25-21-41)45-28-30-47(31-29-45)55-53-19-11-10-18-51(53)52-37-36-50(38-54(52)55)56(48-16-8-3-9-17-48)49-34-32-46(33-35-49)44-26-22-42(23-27-44)40-14-6-2-7-15-40/h1-38,55H. The van der Waals surface area contributed by atoms with Crippen LogP contribution in [0.5, 0.6) is 0 Å². The van der Waals surface area contributed by atoms with Crippen molar-refractivity contribution < 1.29 is 0 Å². The molecule has 1 aliphatic carbocycles. The second-order valence-corrected chi connectivity index (χ2v) is 14.5. The normalized spacial score (nSPS) is 12.8. The fraction of sp³-hybridized carbons (Fsp3) is 0.0182. The number of hydrogen-bond donors (Lipinski definition) is 0. The van der Waals surface area contributed by atoms with E-state index in [0.717, 1.165) is 17.1 Å². The van der Waals surface area contributed by atoms with E-state index in [0.29, 0.717) is 0 Å². The SMILES string of the molecule is c1ccc(-c2ccc(-c3ccc(C4c5ccccc5-c5ccc(N(c6ccccc6)c6ccc(-c7ccc(-c8ccccc8)cc7)cc6)cc54)cc3)cc2)cc1. The molecule has 9 aromatic carbocycles. The van der Waals surface area contributed by atoms with Crippen molar-refractivity contribution in [1.29, 1.82) is 0 Å². The van der Waals surface area contributed by atoms with Crippen molar-refractivity contribution in [3.05, 3.63) is 247 Å². The maximum atomic E-state index is 2.42. The van der Waals surface area contributed by atoms with Gasteiger partial charge in [-0.25, -0.2) is 0 Å². The van der Waals surface area contributed by atoms with Crippen LogP contribution in [-0.4, -0.2) is 0 Å². The summed E-state index contributed by atoms with van der Waals surface area (Å²) in [4.78, 5) is 2.38. The summed E-state index contributed by atoms with van der Waals surface area (Å²) in [7, 11) is 0. The molecule has 1 unspecified atom stereocenters. The van der Waals surface area contributed by atoms with Gasteiger partial charge in [-0.2, -0.15) is 0 Å². The van der Waals surface area contributed by atoms with Crippen molar-refractivity contribution in [2.75, 3.05) is 4.90 Å². The van der Waals surface area contributed by atoms with Crippen molar-refractivity contribution in [3.8, 4) is 55.6 Å². The Balaban J connectivity index is 0.984. The van der Waals surface area contributed by atoms with Crippen molar-refractivity contribution in [1.82, 2.24) is 0 Å². The zero-order chi connectivity index (χ0) is 37.3. The van der Waals surface area contributed by atoms with Gasteiger partial charge in [0.15, 0.2) is 0 Å². The Morgan fingerprint density at radius 2 is 0.607 bits per heavy atom. The Hall–Kier alpha value is -7.22. The molecule has 0 saturated carbocycles. The molecule has 56 heavy (non-hydrogen) atoms. The van der Waals surface area contributed by atoms with E-state index in [4.69, 9.17) is 0 Å². The molecule has 10 rings (SSSR count). The average Bonchev–Trinajstić information content (AvgIpc) is 3.61. The van der Waals surface area contributed by atoms with E-state index in [1.165, 1.54) is 72.3 Å². The first-order valence-corrected chi connectivity index (χ1v) is 19.4. The minimum Gasteiger partial charge on any atom is -0.310 e. The van der Waals surface area contributed by atoms with Gasteiger partial charge >= 0.3 is 0 Å². The first-order valence-electron chi connectivity index (χ1n) is 19.4. The molecule has 1 atom stereocenters. The van der Waals surface area contributed by atoms with Crippen LogP contribution in [0.2, 0.25) is 0 Å². The summed E-state index contributed by atoms with van der Waals surface area (Å²) in [6.07, 6.45) is 0. The van der Waals surface area contributed by atoms with E-state index < -0.39 is 0 Å². The van der Waals surface area contributed by atoms with E-state index >= 15 is 0 Å². The zero-order valence-corrected chi connectivity index (χ0v) is 31.0. The van der Waals surface area contributed by atoms with E-state index in [1.807, 2.05) is 0 Å². The molecule has 0 saturated heterocycles. The van der Waals surface area contributed by atoms with Crippen molar-refractivity contribution in [2.45, 2.75) is 5.92 Å². The van der Waals surface area contributed by atoms with E-state index in [9.17, 15) is 0 Å². The van der Waals surface area contributed by atoms with Gasteiger partial charge < -0.3 is 4.90 Å². The number of anilines is 3. The molecule has 0 aromatic heterocycles. The van der Waals surface area contributed by atoms with Crippen LogP contribution in [0.4, 0.5) is 17.1 Å². The van der Waals surface area contributed by atoms with Crippen LogP contribution in [0.3, 0.4) is 0 Å². The monoisotopic (exact) mass is 713 g/mol. The Bertz CT molecular complexity index is 2730. The summed E-state index contributed by atoms with van der Waals surface area (Å²) in [5.74, 6) is 0.134. The Morgan fingerprint density at radius 1 is 0.250 bits per heavy atom. The number of hydrogen-bond acceptors (Lipinski definition) is 1. The highest BCUT2D eigenvalue weighted by molar-refractivity contribution is 5.86. The molecule has 9 aromatic rings. The highest BCUT2D eigenvalue weighted by atomic mass is 15.1. The number of benzene rings is 9. The third kappa shape index (κ3) is 6.30. The van der Waals surface area contributed by atoms with Crippen LogP contribution in [0, 0.1) is 0 Å². The molecule has 0 bridgehead atoms. The maximum absolute atomic E-state index is 2.42. The highest BCUT2D eigenvalue weighted by Crippen LogP contribution is 2.50. The van der Waals surface area contributed by atoms with Gasteiger partial charge in [-0.1, -0.05) is 194 Å². The van der Waals surface area contributed by atoms with Gasteiger partial charge in [0.05, 0.1) is 0 Å². The third-order valence-corrected chi connectivity index (χ3v) is 11.2. The lowest BCUT2D eigenvalue weighted by Gasteiger charge is -2.27. The second kappa shape index (κ2) is 14.5. The van der Waals surface area contributed by atoms with Gasteiger partial charge in [0.25, 0.3) is 0 Å². The molecule has 0 amide bonds. The summed E-state index contributed by atoms with van der Waals surface area (Å²) in [5, 5.41) is 0. The van der Waals surface area contributed by atoms with Crippen LogP contribution >= 0.6 is 0 Å². The molecule has 0 heterocycles. The molecule has 264 valence electrons. The van der Waals surface area contributed by atoms with Crippen molar-refractivity contribution in [3.63, 3.8) is 0 Å². The fourth-order valence-corrected chi connectivity index (χ4v) is 8.36. The van der Waals surface area contributed by atoms with Gasteiger partial charge in [-0.05, 0) is 109 Å². The largest absolute Gasteiger partial charge is 0.310 e. The maximum Gasteiger partial charge on any atom is 0.0465 e. The summed E-state index contributed by atoms with van der Waals surface area (Å²) >= 11 is 0. The summed E-state index contributed by atoms with van der Waals surface area (Å²) in [6, 6.07) is 83.7. The number of nitrogens with zero attached hydrogens (tertiary/aromatic N) is 1. The van der Waals surface area contributed by atoms with Crippen LogP contribution in [0.15, 0.2) is 231 Å². The molecule has 0 radical (unpaired) electrons. The van der Waals surface area contributed by atoms with Crippen LogP contribution in [0.1, 0.15) is 22.6 Å². The van der Waals surface area contributed by atoms with E-state index in [2.05, 4.69) is 235 Å². The fourth-order valence-electron chi connectivity index (χ4n) is 8.36. The molecular weight excluding hydrogens is 675 g/mol. The first-order chi connectivity index (χ1) is 27.8. The lowest BCUT2D eigenvalue weighted by atomic mass is 9.88. The third-order valence-electron chi connectivity index (χ3n) is 11.2. The van der Waals surface area contributed by atoms with Gasteiger partial charge in [0.1, 0.15) is 0 Å². The van der Waals surface area contributed by atoms with Crippen LogP contribution in [0.25, 0.3) is 55.6 Å². The molecule has 1 aliphatic rings. The first kappa shape index (κ1) is 33.4. The lowest BCUT2D eigenvalue weighted by molar-refractivity contribution is 1.01. The molecule has 0 spiro atoms. The van der Waals surface area contributed by atoms with Crippen LogP contribution in [-0.2, 0) is 0 Å². The Labute approximate surface area is 329 Å². The predicted molar refractivity (Wildman–Crippen MR) is 236 cm³/mol. The lowest BCUT2D eigenvalue weighted by Crippen LogP contribution is -2.10. The van der Waals surface area contributed by atoms with Crippen molar-refractivity contribution in [2.24, 2.45) is 0 Å². The van der Waals surface area contributed by atoms with Gasteiger partial charge in [-0.3, -0.25) is 0 Å². The van der Waals surface area contributed by atoms with E-state index in [-0.39, 0.29) is 5.92 Å². The summed E-state index contributed by atoms with van der Waals surface area (Å²) in [5.41, 5.74) is 19.8. The quantitative estimate of drug-likeness (QED) is 0.152. The highest BCUT2D eigenvalue weighted by Gasteiger charge is 2.31. The summed E-state index contributed by atoms with van der Waals surface area (Å²) < 4.78 is 0. The Kier molecular flexibility index (Phi) is 8.67. The zero-order valence-electron chi connectivity index (χ0n) is 31.0. The van der Waals surface area contributed by atoms with Crippen LogP contribution < -0.4 is 4.90 Å². The predicted octanol–water partition coefficient (Wildman–Crippen LogP) is 15.0. The molecule has 0 aliphatic heterocycles. The van der Waals surface area contributed by atoms with Crippen molar-refractivity contribution >= 4 is 17.1 Å². The topological polar surface area (TPSA) is 3.24 Å². The molecule has 1 heteroatoms. The Morgan fingerprint density at radius 3 is 1.12 bits per heavy atom. The minimum atomic E-state index is 0.134. The minimum absolute atomic E-state index is 0.134. The number of fused-ring (bicyclic) bond motifs is 3. The smallest absolute Gasteiger partial charge is 0.0465 e. The molecule has 0 N–H and O–H groups in total. The molecular formula is C55H39N. The molecule has 0 fully saturated rings. The van der Waals surface area contributed by atoms with Gasteiger partial charge in [0, 0.05) is 23.0 Å². The average molecular weight is 714 g/mol. The summed E-state index contributed by atoms with van der Waals surface area (Å²) in [6.45, 7) is 0. The second-order valence-electron chi connectivity index (χ2n) is 14.5. The number of rotatable bonds is 8. The van der Waals surface area contributed by atoms with E-state index in [1.54, 1.807) is 0 Å².